The normalized spacial score (nSPS) is 22.2. The van der Waals surface area contributed by atoms with Crippen molar-refractivity contribution in [1.29, 1.82) is 0 Å². The van der Waals surface area contributed by atoms with Gasteiger partial charge in [0, 0.05) is 6.92 Å². The van der Waals surface area contributed by atoms with Crippen LogP contribution >= 0.6 is 0 Å². The Morgan fingerprint density at radius 2 is 2.40 bits per heavy atom. The first-order chi connectivity index (χ1) is 7.08. The molecule has 3 heteroatoms. The Labute approximate surface area is 90.8 Å². The molecule has 0 saturated heterocycles. The summed E-state index contributed by atoms with van der Waals surface area (Å²) in [6, 6.07) is 0. The molecule has 0 amide bonds. The van der Waals surface area contributed by atoms with Crippen LogP contribution < -0.4 is 0 Å². The van der Waals surface area contributed by atoms with Crippen LogP contribution in [-0.4, -0.2) is 25.3 Å². The third kappa shape index (κ3) is 4.79. The Morgan fingerprint density at radius 1 is 1.67 bits per heavy atom. The Balaban J connectivity index is 2.47. The Hall–Kier alpha value is -1.09. The molecule has 15 heavy (non-hydrogen) atoms. The molecule has 84 valence electrons. The zero-order chi connectivity index (χ0) is 11.3. The average molecular weight is 210 g/mol. The summed E-state index contributed by atoms with van der Waals surface area (Å²) in [5.74, 6) is -0.251. The third-order valence-electron chi connectivity index (χ3n) is 2.21. The van der Waals surface area contributed by atoms with Gasteiger partial charge in [0.1, 0.15) is 6.61 Å². The predicted octanol–water partition coefficient (Wildman–Crippen LogP) is 2.23. The second kappa shape index (κ2) is 5.71. The fourth-order valence-electron chi connectivity index (χ4n) is 1.41. The van der Waals surface area contributed by atoms with Gasteiger partial charge in [0.05, 0.1) is 12.7 Å². The second-order valence-corrected chi connectivity index (χ2v) is 3.89. The van der Waals surface area contributed by atoms with Gasteiger partial charge in [-0.2, -0.15) is 0 Å². The maximum atomic E-state index is 10.6. The number of ether oxygens (including phenoxy) is 2. The molecule has 3 nitrogen and oxygen atoms in total. The molecule has 0 aliphatic carbocycles. The first-order valence-corrected chi connectivity index (χ1v) is 5.17. The maximum Gasteiger partial charge on any atom is 0.302 e. The minimum Gasteiger partial charge on any atom is -0.461 e. The molecule has 1 aliphatic heterocycles. The van der Waals surface area contributed by atoms with Gasteiger partial charge in [-0.15, -0.1) is 0 Å². The van der Waals surface area contributed by atoms with Crippen molar-refractivity contribution in [3.63, 3.8) is 0 Å². The number of carbonyl (C=O) groups is 1. The van der Waals surface area contributed by atoms with E-state index < -0.39 is 0 Å². The largest absolute Gasteiger partial charge is 0.461 e. The second-order valence-electron chi connectivity index (χ2n) is 3.89. The van der Waals surface area contributed by atoms with Gasteiger partial charge in [-0.3, -0.25) is 4.79 Å². The number of esters is 1. The van der Waals surface area contributed by atoms with Gasteiger partial charge in [-0.1, -0.05) is 11.6 Å². The van der Waals surface area contributed by atoms with E-state index in [1.165, 1.54) is 12.5 Å². The number of hydrogen-bond acceptors (Lipinski definition) is 3. The van der Waals surface area contributed by atoms with E-state index in [1.54, 1.807) is 0 Å². The van der Waals surface area contributed by atoms with Gasteiger partial charge in [0.15, 0.2) is 0 Å². The summed E-state index contributed by atoms with van der Waals surface area (Å²) >= 11 is 0. The van der Waals surface area contributed by atoms with E-state index in [0.29, 0.717) is 6.61 Å². The van der Waals surface area contributed by atoms with E-state index in [0.717, 1.165) is 18.6 Å². The summed E-state index contributed by atoms with van der Waals surface area (Å²) < 4.78 is 10.4. The topological polar surface area (TPSA) is 35.5 Å². The Bertz CT molecular complexity index is 289. The lowest BCUT2D eigenvalue weighted by Gasteiger charge is -2.18. The smallest absolute Gasteiger partial charge is 0.302 e. The maximum absolute atomic E-state index is 10.6. The average Bonchev–Trinajstić information content (AvgIpc) is 2.15. The predicted molar refractivity (Wildman–Crippen MR) is 58.5 cm³/mol. The van der Waals surface area contributed by atoms with E-state index in [9.17, 15) is 4.79 Å². The van der Waals surface area contributed by atoms with E-state index in [1.807, 2.05) is 13.0 Å². The quantitative estimate of drug-likeness (QED) is 0.529. The van der Waals surface area contributed by atoms with E-state index in [2.05, 4.69) is 13.0 Å². The highest BCUT2D eigenvalue weighted by Crippen LogP contribution is 2.14. The van der Waals surface area contributed by atoms with Crippen LogP contribution in [0.3, 0.4) is 0 Å². The SMILES string of the molecule is CC(=O)OCC(C)=CC1C=C(C)CCO1. The molecule has 0 aromatic carbocycles. The van der Waals surface area contributed by atoms with E-state index >= 15 is 0 Å². The highest BCUT2D eigenvalue weighted by molar-refractivity contribution is 5.66. The lowest BCUT2D eigenvalue weighted by Crippen LogP contribution is -2.15. The lowest BCUT2D eigenvalue weighted by molar-refractivity contribution is -0.139. The molecule has 0 N–H and O–H groups in total. The van der Waals surface area contributed by atoms with Crippen molar-refractivity contribution in [3.05, 3.63) is 23.3 Å². The molecule has 0 spiro atoms. The zero-order valence-electron chi connectivity index (χ0n) is 9.58. The van der Waals surface area contributed by atoms with Crippen LogP contribution in [0.2, 0.25) is 0 Å². The van der Waals surface area contributed by atoms with Gasteiger partial charge >= 0.3 is 5.97 Å². The van der Waals surface area contributed by atoms with E-state index in [-0.39, 0.29) is 12.1 Å². The van der Waals surface area contributed by atoms with E-state index in [4.69, 9.17) is 9.47 Å². The van der Waals surface area contributed by atoms with Crippen molar-refractivity contribution in [2.24, 2.45) is 0 Å². The number of hydrogen-bond donors (Lipinski definition) is 0. The molecule has 0 aromatic heterocycles. The van der Waals surface area contributed by atoms with Crippen molar-refractivity contribution in [2.45, 2.75) is 33.3 Å². The van der Waals surface area contributed by atoms with Crippen molar-refractivity contribution in [2.75, 3.05) is 13.2 Å². The van der Waals surface area contributed by atoms with Crippen LogP contribution in [0.25, 0.3) is 0 Å². The summed E-state index contributed by atoms with van der Waals surface area (Å²) in [5, 5.41) is 0. The van der Waals surface area contributed by atoms with Crippen molar-refractivity contribution in [1.82, 2.24) is 0 Å². The standard InChI is InChI=1S/C12H18O3/c1-9-4-5-14-12(6-9)7-10(2)8-15-11(3)13/h6-7,12H,4-5,8H2,1-3H3. The molecule has 1 rings (SSSR count). The number of carbonyl (C=O) groups excluding carboxylic acids is 1. The summed E-state index contributed by atoms with van der Waals surface area (Å²) in [4.78, 5) is 10.6. The third-order valence-corrected chi connectivity index (χ3v) is 2.21. The summed E-state index contributed by atoms with van der Waals surface area (Å²) in [6.07, 6.45) is 5.13. The van der Waals surface area contributed by atoms with Crippen LogP contribution in [-0.2, 0) is 14.3 Å². The number of rotatable bonds is 3. The Morgan fingerprint density at radius 3 is 3.00 bits per heavy atom. The molecule has 1 atom stereocenters. The molecule has 0 aromatic rings. The minimum atomic E-state index is -0.251. The van der Waals surface area contributed by atoms with Crippen LogP contribution in [0, 0.1) is 0 Å². The van der Waals surface area contributed by atoms with Gasteiger partial charge in [-0.05, 0) is 31.9 Å². The van der Waals surface area contributed by atoms with Crippen molar-refractivity contribution < 1.29 is 14.3 Å². The molecule has 0 bridgehead atoms. The fraction of sp³-hybridized carbons (Fsp3) is 0.583. The first kappa shape index (κ1) is 12.0. The molecule has 1 aliphatic rings. The molecule has 0 fully saturated rings. The van der Waals surface area contributed by atoms with Crippen LogP contribution in [0.1, 0.15) is 27.2 Å². The molecule has 0 saturated carbocycles. The first-order valence-electron chi connectivity index (χ1n) is 5.17. The molecule has 0 radical (unpaired) electrons. The molecule has 1 unspecified atom stereocenters. The summed E-state index contributed by atoms with van der Waals surface area (Å²) in [6.45, 7) is 6.57. The zero-order valence-corrected chi connectivity index (χ0v) is 9.58. The van der Waals surface area contributed by atoms with Gasteiger partial charge in [0.25, 0.3) is 0 Å². The molecular weight excluding hydrogens is 192 g/mol. The lowest BCUT2D eigenvalue weighted by atomic mass is 10.1. The highest BCUT2D eigenvalue weighted by Gasteiger charge is 2.09. The Kier molecular flexibility index (Phi) is 4.56. The fourth-order valence-corrected chi connectivity index (χ4v) is 1.41. The minimum absolute atomic E-state index is 0.0364. The van der Waals surface area contributed by atoms with Crippen LogP contribution in [0.15, 0.2) is 23.3 Å². The van der Waals surface area contributed by atoms with Gasteiger partial charge in [0.2, 0.25) is 0 Å². The van der Waals surface area contributed by atoms with Crippen molar-refractivity contribution in [3.8, 4) is 0 Å². The highest BCUT2D eigenvalue weighted by atomic mass is 16.5. The van der Waals surface area contributed by atoms with Crippen LogP contribution in [0.5, 0.6) is 0 Å². The van der Waals surface area contributed by atoms with Gasteiger partial charge < -0.3 is 9.47 Å². The summed E-state index contributed by atoms with van der Waals surface area (Å²) in [7, 11) is 0. The monoisotopic (exact) mass is 210 g/mol. The van der Waals surface area contributed by atoms with Gasteiger partial charge in [-0.25, -0.2) is 0 Å². The molecule has 1 heterocycles. The van der Waals surface area contributed by atoms with Crippen LogP contribution in [0.4, 0.5) is 0 Å². The van der Waals surface area contributed by atoms with Crippen molar-refractivity contribution >= 4 is 5.97 Å². The summed E-state index contributed by atoms with van der Waals surface area (Å²) in [5.41, 5.74) is 2.36. The molecular formula is C12H18O3.